The highest BCUT2D eigenvalue weighted by Crippen LogP contribution is 2.25. The average molecular weight is 414 g/mol. The van der Waals surface area contributed by atoms with Crippen molar-refractivity contribution >= 4 is 34.3 Å². The molecule has 0 aliphatic rings. The zero-order valence-electron chi connectivity index (χ0n) is 16.6. The molecule has 0 fully saturated rings. The molecule has 0 radical (unpaired) electrons. The minimum atomic E-state index is -0.737. The molecule has 0 spiro atoms. The molecule has 0 saturated heterocycles. The van der Waals surface area contributed by atoms with Gasteiger partial charge in [0.2, 0.25) is 11.1 Å². The standard InChI is InChI=1S/C22H24ClN3O3/c1-4-10-20(27)26(16(2)17-11-6-5-7-12-17)15-18-13-8-9-14-19(18)24-25-21(23)22(28)29-3/h4-14,16,24H,15H2,1-3H3/b10-4+,25-21+/t16-/m0/s1. The fraction of sp³-hybridized carbons (Fsp3) is 0.227. The fourth-order valence-corrected chi connectivity index (χ4v) is 2.86. The number of hydrogen-bond donors (Lipinski definition) is 1. The van der Waals surface area contributed by atoms with Crippen molar-refractivity contribution in [1.29, 1.82) is 0 Å². The van der Waals surface area contributed by atoms with Gasteiger partial charge in [-0.25, -0.2) is 4.79 Å². The first kappa shape index (κ1) is 22.2. The van der Waals surface area contributed by atoms with Gasteiger partial charge in [-0.1, -0.05) is 66.2 Å². The molecular weight excluding hydrogens is 390 g/mol. The van der Waals surface area contributed by atoms with Gasteiger partial charge in [-0.3, -0.25) is 10.2 Å². The van der Waals surface area contributed by atoms with Crippen LogP contribution in [0.15, 0.2) is 71.9 Å². The number of carbonyl (C=O) groups excluding carboxylic acids is 2. The molecule has 1 atom stereocenters. The zero-order valence-corrected chi connectivity index (χ0v) is 17.4. The van der Waals surface area contributed by atoms with Crippen molar-refractivity contribution in [1.82, 2.24) is 4.90 Å². The fourth-order valence-electron chi connectivity index (χ4n) is 2.75. The van der Waals surface area contributed by atoms with Crippen LogP contribution in [-0.2, 0) is 20.9 Å². The van der Waals surface area contributed by atoms with Gasteiger partial charge in [0.05, 0.1) is 18.8 Å². The summed E-state index contributed by atoms with van der Waals surface area (Å²) in [5.41, 5.74) is 5.27. The Labute approximate surface area is 175 Å². The number of rotatable bonds is 8. The predicted octanol–water partition coefficient (Wildman–Crippen LogP) is 4.49. The quantitative estimate of drug-likeness (QED) is 0.299. The van der Waals surface area contributed by atoms with Gasteiger partial charge in [0.25, 0.3) is 0 Å². The second kappa shape index (κ2) is 11.0. The highest BCUT2D eigenvalue weighted by Gasteiger charge is 2.21. The molecule has 2 aromatic rings. The minimum absolute atomic E-state index is 0.102. The van der Waals surface area contributed by atoms with Crippen LogP contribution in [0, 0.1) is 0 Å². The number of halogens is 1. The van der Waals surface area contributed by atoms with Gasteiger partial charge >= 0.3 is 5.97 Å². The number of hydrazone groups is 1. The second-order valence-corrected chi connectivity index (χ2v) is 6.57. The zero-order chi connectivity index (χ0) is 21.2. The Kier molecular flexibility index (Phi) is 8.43. The number of ether oxygens (including phenoxy) is 1. The van der Waals surface area contributed by atoms with Crippen LogP contribution in [0.4, 0.5) is 5.69 Å². The Morgan fingerprint density at radius 2 is 1.83 bits per heavy atom. The molecule has 0 heterocycles. The number of amides is 1. The van der Waals surface area contributed by atoms with E-state index in [2.05, 4.69) is 15.3 Å². The summed E-state index contributed by atoms with van der Waals surface area (Å²) in [7, 11) is 1.23. The van der Waals surface area contributed by atoms with E-state index < -0.39 is 5.97 Å². The summed E-state index contributed by atoms with van der Waals surface area (Å²) in [5, 5.41) is 3.54. The smallest absolute Gasteiger partial charge is 0.370 e. The number of allylic oxidation sites excluding steroid dienone is 1. The van der Waals surface area contributed by atoms with E-state index in [1.54, 1.807) is 23.1 Å². The maximum atomic E-state index is 12.8. The van der Waals surface area contributed by atoms with E-state index in [9.17, 15) is 9.59 Å². The average Bonchev–Trinajstić information content (AvgIpc) is 2.76. The molecule has 0 bridgehead atoms. The van der Waals surface area contributed by atoms with Crippen LogP contribution in [0.1, 0.15) is 31.0 Å². The van der Waals surface area contributed by atoms with Crippen LogP contribution >= 0.6 is 11.6 Å². The van der Waals surface area contributed by atoms with Gasteiger partial charge in [-0.2, -0.15) is 5.10 Å². The summed E-state index contributed by atoms with van der Waals surface area (Å²) in [5.74, 6) is -0.839. The van der Waals surface area contributed by atoms with E-state index >= 15 is 0 Å². The molecule has 2 aromatic carbocycles. The lowest BCUT2D eigenvalue weighted by Crippen LogP contribution is -2.32. The highest BCUT2D eigenvalue weighted by atomic mass is 35.5. The maximum absolute atomic E-state index is 12.8. The molecule has 0 saturated carbocycles. The molecule has 6 nitrogen and oxygen atoms in total. The van der Waals surface area contributed by atoms with Gasteiger partial charge in [-0.05, 0) is 37.1 Å². The first-order valence-corrected chi connectivity index (χ1v) is 9.49. The van der Waals surface area contributed by atoms with Crippen LogP contribution in [0.25, 0.3) is 0 Å². The number of carbonyl (C=O) groups is 2. The van der Waals surface area contributed by atoms with Crippen LogP contribution in [0.3, 0.4) is 0 Å². The molecule has 0 aromatic heterocycles. The first-order valence-electron chi connectivity index (χ1n) is 9.11. The molecule has 0 unspecified atom stereocenters. The normalized spacial score (nSPS) is 12.5. The van der Waals surface area contributed by atoms with E-state index in [4.69, 9.17) is 11.6 Å². The second-order valence-electron chi connectivity index (χ2n) is 6.22. The number of nitrogens with zero attached hydrogens (tertiary/aromatic N) is 2. The lowest BCUT2D eigenvalue weighted by molar-refractivity contribution is -0.132. The predicted molar refractivity (Wildman–Crippen MR) is 116 cm³/mol. The lowest BCUT2D eigenvalue weighted by Gasteiger charge is -2.29. The third kappa shape index (κ3) is 6.19. The number of hydrogen-bond acceptors (Lipinski definition) is 5. The van der Waals surface area contributed by atoms with Crippen molar-refractivity contribution in [2.24, 2.45) is 5.10 Å². The maximum Gasteiger partial charge on any atom is 0.370 e. The summed E-state index contributed by atoms with van der Waals surface area (Å²) >= 11 is 5.80. The van der Waals surface area contributed by atoms with Gasteiger partial charge < -0.3 is 9.64 Å². The summed E-state index contributed by atoms with van der Waals surface area (Å²) in [4.78, 5) is 26.0. The largest absolute Gasteiger partial charge is 0.464 e. The molecule has 0 aliphatic carbocycles. The van der Waals surface area contributed by atoms with Crippen LogP contribution in [0.5, 0.6) is 0 Å². The van der Waals surface area contributed by atoms with Crippen molar-refractivity contribution < 1.29 is 14.3 Å². The van der Waals surface area contributed by atoms with Crippen LogP contribution in [-0.4, -0.2) is 29.1 Å². The number of para-hydroxylation sites is 1. The van der Waals surface area contributed by atoms with Crippen LogP contribution in [0.2, 0.25) is 0 Å². The van der Waals surface area contributed by atoms with Crippen molar-refractivity contribution in [2.75, 3.05) is 12.5 Å². The van der Waals surface area contributed by atoms with E-state index in [0.29, 0.717) is 12.2 Å². The first-order chi connectivity index (χ1) is 14.0. The Morgan fingerprint density at radius 3 is 2.48 bits per heavy atom. The number of anilines is 1. The summed E-state index contributed by atoms with van der Waals surface area (Å²) in [6, 6.07) is 17.1. The Morgan fingerprint density at radius 1 is 1.17 bits per heavy atom. The summed E-state index contributed by atoms with van der Waals surface area (Å²) < 4.78 is 4.53. The molecule has 29 heavy (non-hydrogen) atoms. The van der Waals surface area contributed by atoms with Gasteiger partial charge in [0.15, 0.2) is 0 Å². The van der Waals surface area contributed by atoms with E-state index in [-0.39, 0.29) is 17.1 Å². The summed E-state index contributed by atoms with van der Waals surface area (Å²) in [6.45, 7) is 4.13. The molecule has 0 aliphatic heterocycles. The Bertz CT molecular complexity index is 897. The number of esters is 1. The van der Waals surface area contributed by atoms with E-state index in [1.165, 1.54) is 7.11 Å². The monoisotopic (exact) mass is 413 g/mol. The lowest BCUT2D eigenvalue weighted by atomic mass is 10.0. The SMILES string of the molecule is C/C=C/C(=O)N(Cc1ccccc1N/N=C(/Cl)C(=O)OC)[C@@H](C)c1ccccc1. The minimum Gasteiger partial charge on any atom is -0.464 e. The van der Waals surface area contributed by atoms with Crippen molar-refractivity contribution in [2.45, 2.75) is 26.4 Å². The Hall–Kier alpha value is -3.12. The molecular formula is C22H24ClN3O3. The molecule has 152 valence electrons. The van der Waals surface area contributed by atoms with Crippen molar-refractivity contribution in [3.8, 4) is 0 Å². The third-order valence-corrected chi connectivity index (χ3v) is 4.57. The molecule has 1 N–H and O–H groups in total. The molecule has 1 amide bonds. The van der Waals surface area contributed by atoms with E-state index in [1.807, 2.05) is 62.4 Å². The number of nitrogens with one attached hydrogen (secondary N) is 1. The van der Waals surface area contributed by atoms with Gasteiger partial charge in [0.1, 0.15) is 0 Å². The molecule has 2 rings (SSSR count). The third-order valence-electron chi connectivity index (χ3n) is 4.33. The van der Waals surface area contributed by atoms with Gasteiger partial charge in [0, 0.05) is 6.54 Å². The summed E-state index contributed by atoms with van der Waals surface area (Å²) in [6.07, 6.45) is 3.26. The van der Waals surface area contributed by atoms with E-state index in [0.717, 1.165) is 11.1 Å². The topological polar surface area (TPSA) is 71.0 Å². The number of benzene rings is 2. The van der Waals surface area contributed by atoms with Crippen molar-refractivity contribution in [3.05, 3.63) is 77.9 Å². The van der Waals surface area contributed by atoms with Gasteiger partial charge in [-0.15, -0.1) is 0 Å². The van der Waals surface area contributed by atoms with Crippen molar-refractivity contribution in [3.63, 3.8) is 0 Å². The Balaban J connectivity index is 2.31. The highest BCUT2D eigenvalue weighted by molar-refractivity contribution is 6.82. The van der Waals surface area contributed by atoms with Crippen LogP contribution < -0.4 is 5.43 Å². The number of methoxy groups -OCH3 is 1. The molecule has 7 heteroatoms.